The molecule has 15 rings (SSSR count). The van der Waals surface area contributed by atoms with Crippen LogP contribution in [0.5, 0.6) is 0 Å². The number of anilines is 2. The Labute approximate surface area is 371 Å². The van der Waals surface area contributed by atoms with Crippen LogP contribution in [0.3, 0.4) is 0 Å². The molecule has 1 atom stereocenters. The number of rotatable bonds is 2. The molecule has 0 amide bonds. The molecular formula is C60H44N4. The predicted molar refractivity (Wildman–Crippen MR) is 268 cm³/mol. The molecule has 0 saturated heterocycles. The zero-order chi connectivity index (χ0) is 42.4. The summed E-state index contributed by atoms with van der Waals surface area (Å²) in [5.41, 5.74) is 21.6. The van der Waals surface area contributed by atoms with Gasteiger partial charge in [0.25, 0.3) is 0 Å². The largest absolute Gasteiger partial charge is 0.333 e. The minimum Gasteiger partial charge on any atom is -0.333 e. The first kappa shape index (κ1) is 35.0. The monoisotopic (exact) mass is 820 g/mol. The third-order valence-electron chi connectivity index (χ3n) is 15.8. The fourth-order valence-electron chi connectivity index (χ4n) is 12.9. The number of aromatic nitrogens is 3. The van der Waals surface area contributed by atoms with E-state index in [-0.39, 0.29) is 16.9 Å². The quantitative estimate of drug-likeness (QED) is 0.170. The van der Waals surface area contributed by atoms with Crippen LogP contribution in [-0.4, -0.2) is 19.7 Å². The Hall–Kier alpha value is -7.56. The van der Waals surface area contributed by atoms with Gasteiger partial charge in [-0.25, -0.2) is 0 Å². The van der Waals surface area contributed by atoms with Crippen molar-refractivity contribution in [3.63, 3.8) is 0 Å². The summed E-state index contributed by atoms with van der Waals surface area (Å²) in [7, 11) is 0. The van der Waals surface area contributed by atoms with Crippen LogP contribution in [0.2, 0.25) is 0 Å². The van der Waals surface area contributed by atoms with Gasteiger partial charge < -0.3 is 18.6 Å². The topological polar surface area (TPSA) is 18.0 Å². The van der Waals surface area contributed by atoms with E-state index in [1.165, 1.54) is 127 Å². The van der Waals surface area contributed by atoms with Crippen molar-refractivity contribution in [1.29, 1.82) is 0 Å². The van der Waals surface area contributed by atoms with Crippen LogP contribution in [0.15, 0.2) is 176 Å². The molecule has 4 aliphatic rings. The molecule has 0 bridgehead atoms. The van der Waals surface area contributed by atoms with Crippen molar-refractivity contribution in [2.45, 2.75) is 51.0 Å². The van der Waals surface area contributed by atoms with Gasteiger partial charge in [-0.05, 0) is 101 Å². The van der Waals surface area contributed by atoms with Crippen LogP contribution in [0.4, 0.5) is 11.4 Å². The molecule has 1 aliphatic carbocycles. The maximum Gasteiger partial charge on any atom is 0.0633 e. The van der Waals surface area contributed by atoms with E-state index in [0.29, 0.717) is 0 Å². The van der Waals surface area contributed by atoms with E-state index in [4.69, 9.17) is 0 Å². The van der Waals surface area contributed by atoms with Crippen LogP contribution in [0.1, 0.15) is 61.9 Å². The molecule has 0 radical (unpaired) electrons. The lowest BCUT2D eigenvalue weighted by Gasteiger charge is -2.45. The lowest BCUT2D eigenvalue weighted by atomic mass is 9.69. The Morgan fingerprint density at radius 1 is 0.438 bits per heavy atom. The second-order valence-corrected chi connectivity index (χ2v) is 19.7. The molecular weight excluding hydrogens is 777 g/mol. The number of hydrogen-bond donors (Lipinski definition) is 0. The smallest absolute Gasteiger partial charge is 0.0633 e. The van der Waals surface area contributed by atoms with Gasteiger partial charge in [0.2, 0.25) is 0 Å². The highest BCUT2D eigenvalue weighted by molar-refractivity contribution is 6.15. The Morgan fingerprint density at radius 2 is 0.891 bits per heavy atom. The lowest BCUT2D eigenvalue weighted by Crippen LogP contribution is -2.37. The molecule has 1 unspecified atom stereocenters. The number of benzene rings is 8. The Balaban J connectivity index is 1.01. The van der Waals surface area contributed by atoms with Crippen molar-refractivity contribution >= 4 is 82.4 Å². The summed E-state index contributed by atoms with van der Waals surface area (Å²) >= 11 is 0. The highest BCUT2D eigenvalue weighted by atomic mass is 15.2. The van der Waals surface area contributed by atoms with E-state index in [0.717, 1.165) is 6.42 Å². The van der Waals surface area contributed by atoms with E-state index in [1.54, 1.807) is 0 Å². The predicted octanol–water partition coefficient (Wildman–Crippen LogP) is 15.1. The number of para-hydroxylation sites is 5. The summed E-state index contributed by atoms with van der Waals surface area (Å²) in [6.07, 6.45) is 8.01. The minimum atomic E-state index is -0.305. The second kappa shape index (κ2) is 11.7. The van der Waals surface area contributed by atoms with Gasteiger partial charge in [-0.3, -0.25) is 0 Å². The average Bonchev–Trinajstić information content (AvgIpc) is 4.05. The standard InChI is InChI=1S/C60H44N4/c1-59(2)45-33-56-46(34-55(45)63-53-27-15-9-21-41(53)43-29-35(31-47(59)57(43)63)61-49-23-11-5-17-37(49)38-18-6-12-24-50(38)61)60(3,4)48-32-36(30-44-42-22-10-16-28-54(42)64(56)58(44)48)62-51-25-13-7-19-39(51)40-20-8-14-26-52(40)62/h5-27,29-34,54H,28H2,1-4H3. The molecule has 0 fully saturated rings. The maximum absolute atomic E-state index is 2.74. The van der Waals surface area contributed by atoms with E-state index in [9.17, 15) is 0 Å². The van der Waals surface area contributed by atoms with Crippen molar-refractivity contribution in [1.82, 2.24) is 13.7 Å². The van der Waals surface area contributed by atoms with Crippen LogP contribution in [0.25, 0.3) is 88.1 Å². The van der Waals surface area contributed by atoms with E-state index in [1.807, 2.05) is 0 Å². The van der Waals surface area contributed by atoms with Crippen LogP contribution >= 0.6 is 0 Å². The third-order valence-corrected chi connectivity index (χ3v) is 15.8. The number of nitrogens with zero attached hydrogens (tertiary/aromatic N) is 4. The van der Waals surface area contributed by atoms with Gasteiger partial charge >= 0.3 is 0 Å². The SMILES string of the molecule is CC1(C)c2cc3c(cc2N2c4c(cc(-n5c6ccccc6c6ccccc65)cc41)C1=CC=CCC12)C(C)(C)c1cc(-n2c4ccccc4c4ccccc42)cc2c4ccccc4n-3c12. The molecule has 4 nitrogen and oxygen atoms in total. The molecule has 6 heterocycles. The van der Waals surface area contributed by atoms with Crippen LogP contribution in [0, 0.1) is 0 Å². The summed E-state index contributed by atoms with van der Waals surface area (Å²) < 4.78 is 7.61. The van der Waals surface area contributed by atoms with Gasteiger partial charge in [0.1, 0.15) is 0 Å². The van der Waals surface area contributed by atoms with Gasteiger partial charge in [-0.15, -0.1) is 0 Å². The zero-order valence-electron chi connectivity index (χ0n) is 36.3. The van der Waals surface area contributed by atoms with Gasteiger partial charge in [0.15, 0.2) is 0 Å². The summed E-state index contributed by atoms with van der Waals surface area (Å²) in [5.74, 6) is 0. The van der Waals surface area contributed by atoms with Gasteiger partial charge in [-0.1, -0.05) is 137 Å². The first-order valence-corrected chi connectivity index (χ1v) is 22.9. The van der Waals surface area contributed by atoms with Gasteiger partial charge in [0, 0.05) is 65.8 Å². The number of fused-ring (bicyclic) bond motifs is 16. The summed E-state index contributed by atoms with van der Waals surface area (Å²) in [6.45, 7) is 9.87. The van der Waals surface area contributed by atoms with E-state index < -0.39 is 0 Å². The molecule has 4 heteroatoms. The second-order valence-electron chi connectivity index (χ2n) is 19.7. The molecule has 3 aliphatic heterocycles. The molecule has 3 aromatic heterocycles. The molecule has 0 spiro atoms. The van der Waals surface area contributed by atoms with Crippen molar-refractivity contribution < 1.29 is 0 Å². The first-order chi connectivity index (χ1) is 31.3. The van der Waals surface area contributed by atoms with Crippen LogP contribution < -0.4 is 4.90 Å². The van der Waals surface area contributed by atoms with Crippen molar-refractivity contribution in [2.24, 2.45) is 0 Å². The van der Waals surface area contributed by atoms with Crippen LogP contribution in [-0.2, 0) is 10.8 Å². The van der Waals surface area contributed by atoms with Gasteiger partial charge in [0.05, 0.1) is 50.5 Å². The molecule has 11 aromatic rings. The Kier molecular flexibility index (Phi) is 6.40. The van der Waals surface area contributed by atoms with E-state index >= 15 is 0 Å². The maximum atomic E-state index is 2.74. The molecule has 64 heavy (non-hydrogen) atoms. The molecule has 0 saturated carbocycles. The van der Waals surface area contributed by atoms with E-state index in [2.05, 4.69) is 222 Å². The van der Waals surface area contributed by atoms with Crippen molar-refractivity contribution in [3.05, 3.63) is 204 Å². The third kappa shape index (κ3) is 4.11. The Bertz CT molecular complexity index is 3900. The summed E-state index contributed by atoms with van der Waals surface area (Å²) in [4.78, 5) is 2.74. The number of hydrogen-bond acceptors (Lipinski definition) is 1. The number of allylic oxidation sites excluding steroid dienone is 2. The fraction of sp³-hybridized carbons (Fsp3) is 0.133. The lowest BCUT2D eigenvalue weighted by molar-refractivity contribution is 0.605. The summed E-state index contributed by atoms with van der Waals surface area (Å²) in [5, 5.41) is 7.74. The molecule has 8 aromatic carbocycles. The normalized spacial score (nSPS) is 17.4. The highest BCUT2D eigenvalue weighted by Crippen LogP contribution is 2.61. The summed E-state index contributed by atoms with van der Waals surface area (Å²) in [6, 6.07) is 60.1. The first-order valence-electron chi connectivity index (χ1n) is 22.9. The van der Waals surface area contributed by atoms with Crippen molar-refractivity contribution in [3.8, 4) is 17.1 Å². The Morgan fingerprint density at radius 3 is 1.47 bits per heavy atom. The van der Waals surface area contributed by atoms with Gasteiger partial charge in [-0.2, -0.15) is 0 Å². The zero-order valence-corrected chi connectivity index (χ0v) is 36.3. The minimum absolute atomic E-state index is 0.222. The fourth-order valence-corrected chi connectivity index (χ4v) is 12.9. The van der Waals surface area contributed by atoms with Crippen molar-refractivity contribution in [2.75, 3.05) is 4.90 Å². The molecule has 304 valence electrons. The highest BCUT2D eigenvalue weighted by Gasteiger charge is 2.48. The molecule has 0 N–H and O–H groups in total. The average molecular weight is 821 g/mol.